The van der Waals surface area contributed by atoms with Gasteiger partial charge >= 0.3 is 0 Å². The highest BCUT2D eigenvalue weighted by Gasteiger charge is 2.27. The second kappa shape index (κ2) is 7.32. The third-order valence-corrected chi connectivity index (χ3v) is 5.50. The number of phenols is 1. The number of benzene rings is 2. The second-order valence-electron chi connectivity index (χ2n) is 6.01. The summed E-state index contributed by atoms with van der Waals surface area (Å²) in [6.07, 6.45) is 1.75. The van der Waals surface area contributed by atoms with Crippen LogP contribution in [-0.4, -0.2) is 29.1 Å². The highest BCUT2D eigenvalue weighted by molar-refractivity contribution is 9.11. The van der Waals surface area contributed by atoms with Crippen molar-refractivity contribution in [2.24, 2.45) is 0 Å². The summed E-state index contributed by atoms with van der Waals surface area (Å²) in [7, 11) is 0. The van der Waals surface area contributed by atoms with E-state index in [1.54, 1.807) is 23.2 Å². The number of hydrogen-bond acceptors (Lipinski definition) is 4. The number of carbonyl (C=O) groups is 1. The molecule has 5 nitrogen and oxygen atoms in total. The largest absolute Gasteiger partial charge is 0.506 e. The zero-order chi connectivity index (χ0) is 19.0. The van der Waals surface area contributed by atoms with Gasteiger partial charge in [-0.25, -0.2) is 4.98 Å². The highest BCUT2D eigenvalue weighted by atomic mass is 79.9. The van der Waals surface area contributed by atoms with Gasteiger partial charge in [-0.05, 0) is 55.6 Å². The molecule has 0 radical (unpaired) electrons. The third-order valence-electron chi connectivity index (χ3n) is 4.29. The molecule has 2 aromatic carbocycles. The summed E-state index contributed by atoms with van der Waals surface area (Å²) in [5, 5.41) is 9.89. The molecule has 136 valence electrons. The first kappa shape index (κ1) is 18.0. The lowest BCUT2D eigenvalue weighted by molar-refractivity contribution is 0.0975. The number of nitrogens with zero attached hydrogens (tertiary/aromatic N) is 2. The lowest BCUT2D eigenvalue weighted by Gasteiger charge is -2.29. The number of amides is 1. The third kappa shape index (κ3) is 3.44. The van der Waals surface area contributed by atoms with Crippen molar-refractivity contribution in [1.82, 2.24) is 4.98 Å². The number of rotatable bonds is 2. The maximum atomic E-state index is 13.1. The highest BCUT2D eigenvalue weighted by Crippen LogP contribution is 2.37. The molecule has 1 N–H and O–H groups in total. The van der Waals surface area contributed by atoms with Crippen molar-refractivity contribution in [1.29, 1.82) is 0 Å². The van der Waals surface area contributed by atoms with Crippen LogP contribution in [0.2, 0.25) is 0 Å². The Balaban J connectivity index is 1.75. The van der Waals surface area contributed by atoms with Gasteiger partial charge in [-0.1, -0.05) is 30.3 Å². The summed E-state index contributed by atoms with van der Waals surface area (Å²) >= 11 is 6.55. The standard InChI is InChI=1S/C20H14Br2N2O3/c21-15-8-13(9-16(22)18(15)25)20(26)24-6-7-27-19-17(24)10-14(11-23-19)12-4-2-1-3-5-12/h1-5,8-11,25H,6-7H2. The Morgan fingerprint density at radius 3 is 2.48 bits per heavy atom. The Bertz CT molecular complexity index is 1000. The van der Waals surface area contributed by atoms with E-state index >= 15 is 0 Å². The van der Waals surface area contributed by atoms with Crippen LogP contribution in [0.4, 0.5) is 5.69 Å². The number of aromatic nitrogens is 1. The maximum absolute atomic E-state index is 13.1. The van der Waals surface area contributed by atoms with Gasteiger partial charge in [0, 0.05) is 17.3 Å². The van der Waals surface area contributed by atoms with E-state index < -0.39 is 0 Å². The Hall–Kier alpha value is -2.38. The van der Waals surface area contributed by atoms with Crippen molar-refractivity contribution < 1.29 is 14.6 Å². The van der Waals surface area contributed by atoms with Gasteiger partial charge in [0.05, 0.1) is 15.5 Å². The van der Waals surface area contributed by atoms with Gasteiger partial charge in [-0.3, -0.25) is 4.79 Å². The molecule has 1 aromatic heterocycles. The van der Waals surface area contributed by atoms with E-state index in [9.17, 15) is 9.90 Å². The quantitative estimate of drug-likeness (QED) is 0.549. The Morgan fingerprint density at radius 1 is 1.07 bits per heavy atom. The van der Waals surface area contributed by atoms with E-state index in [2.05, 4.69) is 36.8 Å². The zero-order valence-corrected chi connectivity index (χ0v) is 17.2. The van der Waals surface area contributed by atoms with E-state index in [0.717, 1.165) is 11.1 Å². The van der Waals surface area contributed by atoms with E-state index in [0.29, 0.717) is 39.2 Å². The first-order chi connectivity index (χ1) is 13.0. The molecule has 0 saturated heterocycles. The van der Waals surface area contributed by atoms with Gasteiger partial charge in [-0.15, -0.1) is 0 Å². The molecule has 0 spiro atoms. The van der Waals surface area contributed by atoms with Crippen molar-refractivity contribution in [2.45, 2.75) is 0 Å². The molecule has 7 heteroatoms. The van der Waals surface area contributed by atoms with E-state index in [-0.39, 0.29) is 11.7 Å². The van der Waals surface area contributed by atoms with Crippen LogP contribution in [0.3, 0.4) is 0 Å². The number of pyridine rings is 1. The lowest BCUT2D eigenvalue weighted by atomic mass is 10.1. The van der Waals surface area contributed by atoms with Gasteiger partial charge in [0.25, 0.3) is 5.91 Å². The Morgan fingerprint density at radius 2 is 1.78 bits per heavy atom. The smallest absolute Gasteiger partial charge is 0.258 e. The average Bonchev–Trinajstić information content (AvgIpc) is 2.71. The zero-order valence-electron chi connectivity index (χ0n) is 14.0. The molecule has 0 bridgehead atoms. The summed E-state index contributed by atoms with van der Waals surface area (Å²) in [6.45, 7) is 0.790. The molecule has 27 heavy (non-hydrogen) atoms. The van der Waals surface area contributed by atoms with Crippen LogP contribution < -0.4 is 9.64 Å². The fraction of sp³-hybridized carbons (Fsp3) is 0.100. The summed E-state index contributed by atoms with van der Waals surface area (Å²) in [5.74, 6) is 0.307. The monoisotopic (exact) mass is 488 g/mol. The lowest BCUT2D eigenvalue weighted by Crippen LogP contribution is -2.38. The van der Waals surface area contributed by atoms with Crippen LogP contribution in [0.5, 0.6) is 11.6 Å². The number of aromatic hydroxyl groups is 1. The molecule has 0 atom stereocenters. The van der Waals surface area contributed by atoms with E-state index in [1.165, 1.54) is 0 Å². The minimum Gasteiger partial charge on any atom is -0.506 e. The van der Waals surface area contributed by atoms with Crippen LogP contribution in [-0.2, 0) is 0 Å². The number of hydrogen-bond donors (Lipinski definition) is 1. The number of fused-ring (bicyclic) bond motifs is 1. The predicted molar refractivity (Wildman–Crippen MR) is 110 cm³/mol. The normalized spacial score (nSPS) is 13.0. The fourth-order valence-corrected chi connectivity index (χ4v) is 4.13. The SMILES string of the molecule is O=C(c1cc(Br)c(O)c(Br)c1)N1CCOc2ncc(-c3ccccc3)cc21. The van der Waals surface area contributed by atoms with Gasteiger partial charge in [0.15, 0.2) is 0 Å². The van der Waals surface area contributed by atoms with Gasteiger partial charge in [0.1, 0.15) is 18.0 Å². The van der Waals surface area contributed by atoms with Crippen LogP contribution in [0.25, 0.3) is 11.1 Å². The molecule has 0 unspecified atom stereocenters. The van der Waals surface area contributed by atoms with Crippen molar-refractivity contribution in [3.8, 4) is 22.8 Å². The summed E-state index contributed by atoms with van der Waals surface area (Å²) in [6, 6.07) is 15.0. The summed E-state index contributed by atoms with van der Waals surface area (Å²) < 4.78 is 6.53. The molecule has 0 fully saturated rings. The molecular weight excluding hydrogens is 476 g/mol. The summed E-state index contributed by atoms with van der Waals surface area (Å²) in [5.41, 5.74) is 3.00. The molecule has 3 aromatic rings. The van der Waals surface area contributed by atoms with Gasteiger partial charge < -0.3 is 14.7 Å². The van der Waals surface area contributed by atoms with Gasteiger partial charge in [0.2, 0.25) is 5.88 Å². The van der Waals surface area contributed by atoms with Crippen LogP contribution >= 0.6 is 31.9 Å². The molecule has 0 aliphatic carbocycles. The predicted octanol–water partition coefficient (Wildman–Crippen LogP) is 5.02. The fourth-order valence-electron chi connectivity index (χ4n) is 2.94. The Labute approximate surface area is 172 Å². The topological polar surface area (TPSA) is 62.7 Å². The van der Waals surface area contributed by atoms with Crippen molar-refractivity contribution >= 4 is 43.5 Å². The van der Waals surface area contributed by atoms with Gasteiger partial charge in [-0.2, -0.15) is 0 Å². The molecule has 1 aliphatic rings. The van der Waals surface area contributed by atoms with Crippen LogP contribution in [0.15, 0.2) is 63.7 Å². The number of anilines is 1. The molecule has 0 saturated carbocycles. The minimum absolute atomic E-state index is 0.0574. The molecule has 1 aliphatic heterocycles. The molecule has 4 rings (SSSR count). The van der Waals surface area contributed by atoms with Crippen molar-refractivity contribution in [3.63, 3.8) is 0 Å². The average molecular weight is 490 g/mol. The van der Waals surface area contributed by atoms with Crippen molar-refractivity contribution in [3.05, 3.63) is 69.2 Å². The molecule has 2 heterocycles. The number of carbonyl (C=O) groups excluding carboxylic acids is 1. The summed E-state index contributed by atoms with van der Waals surface area (Å²) in [4.78, 5) is 19.2. The first-order valence-electron chi connectivity index (χ1n) is 8.23. The minimum atomic E-state index is -0.187. The van der Waals surface area contributed by atoms with E-state index in [1.807, 2.05) is 36.4 Å². The second-order valence-corrected chi connectivity index (χ2v) is 7.72. The molecular formula is C20H14Br2N2O3. The Kier molecular flexibility index (Phi) is 4.88. The van der Waals surface area contributed by atoms with Crippen LogP contribution in [0.1, 0.15) is 10.4 Å². The van der Waals surface area contributed by atoms with E-state index in [4.69, 9.17) is 4.74 Å². The number of halogens is 2. The first-order valence-corrected chi connectivity index (χ1v) is 9.81. The number of phenolic OH excluding ortho intramolecular Hbond substituents is 1. The molecule has 1 amide bonds. The van der Waals surface area contributed by atoms with Crippen molar-refractivity contribution in [2.75, 3.05) is 18.1 Å². The maximum Gasteiger partial charge on any atom is 0.258 e. The number of ether oxygens (including phenoxy) is 1. The van der Waals surface area contributed by atoms with Crippen LogP contribution in [0, 0.1) is 0 Å².